The first kappa shape index (κ1) is 18.8. The van der Waals surface area contributed by atoms with Crippen molar-refractivity contribution in [2.24, 2.45) is 0 Å². The van der Waals surface area contributed by atoms with Gasteiger partial charge in [-0.05, 0) is 35.4 Å². The first-order valence-corrected chi connectivity index (χ1v) is 9.69. The van der Waals surface area contributed by atoms with E-state index in [1.807, 2.05) is 30.3 Å². The minimum Gasteiger partial charge on any atom is -0.379 e. The highest BCUT2D eigenvalue weighted by Crippen LogP contribution is 2.23. The molecule has 3 aromatic rings. The van der Waals surface area contributed by atoms with Crippen LogP contribution in [-0.2, 0) is 26.3 Å². The fourth-order valence-corrected chi connectivity index (χ4v) is 3.40. The van der Waals surface area contributed by atoms with Crippen LogP contribution in [0.2, 0.25) is 0 Å². The summed E-state index contributed by atoms with van der Waals surface area (Å²) in [5.74, 6) is 0.162. The summed E-state index contributed by atoms with van der Waals surface area (Å²) in [5.41, 5.74) is 1.57. The lowest BCUT2D eigenvalue weighted by Gasteiger charge is -2.13. The number of carbonyl (C=O) groups is 1. The molecule has 0 aliphatic carbocycles. The fraction of sp³-hybridized carbons (Fsp3) is 0.0952. The summed E-state index contributed by atoms with van der Waals surface area (Å²) in [6.07, 6.45) is -0.0375. The predicted molar refractivity (Wildman–Crippen MR) is 101 cm³/mol. The van der Waals surface area contributed by atoms with E-state index in [0.717, 1.165) is 5.56 Å². The van der Waals surface area contributed by atoms with Gasteiger partial charge in [0.25, 0.3) is 0 Å². The molecule has 0 saturated carbocycles. The van der Waals surface area contributed by atoms with Crippen molar-refractivity contribution in [2.45, 2.75) is 17.6 Å². The van der Waals surface area contributed by atoms with Crippen LogP contribution >= 0.6 is 0 Å². The van der Waals surface area contributed by atoms with Gasteiger partial charge in [-0.25, -0.2) is 0 Å². The van der Waals surface area contributed by atoms with Crippen molar-refractivity contribution in [1.82, 2.24) is 0 Å². The molecule has 5 nitrogen and oxygen atoms in total. The first-order valence-electron chi connectivity index (χ1n) is 8.29. The molecule has 3 rings (SSSR count). The fourth-order valence-electron chi connectivity index (χ4n) is 2.45. The molecular formula is C21H18O5S. The van der Waals surface area contributed by atoms with E-state index in [-0.39, 0.29) is 10.6 Å². The number of carbonyl (C=O) groups excluding carboxylic acids is 1. The molecule has 0 aromatic heterocycles. The molecular weight excluding hydrogens is 364 g/mol. The lowest BCUT2D eigenvalue weighted by Crippen LogP contribution is -2.10. The van der Waals surface area contributed by atoms with Gasteiger partial charge in [-0.15, -0.1) is 0 Å². The van der Waals surface area contributed by atoms with Gasteiger partial charge >= 0.3 is 10.1 Å². The predicted octanol–water partition coefficient (Wildman–Crippen LogP) is 3.91. The zero-order valence-electron chi connectivity index (χ0n) is 14.4. The van der Waals surface area contributed by atoms with E-state index in [1.54, 1.807) is 30.3 Å². The summed E-state index contributed by atoms with van der Waals surface area (Å²) in [6, 6.07) is 23.6. The van der Waals surface area contributed by atoms with Crippen molar-refractivity contribution in [3.63, 3.8) is 0 Å². The maximum absolute atomic E-state index is 12.2. The third-order valence-corrected chi connectivity index (χ3v) is 5.10. The van der Waals surface area contributed by atoms with E-state index in [0.29, 0.717) is 18.5 Å². The molecule has 0 heterocycles. The minimum absolute atomic E-state index is 0.0750. The smallest absolute Gasteiger partial charge is 0.339 e. The van der Waals surface area contributed by atoms with E-state index in [9.17, 15) is 13.2 Å². The first-order chi connectivity index (χ1) is 13.1. The average Bonchev–Trinajstić information content (AvgIpc) is 2.71. The Balaban J connectivity index is 1.67. The summed E-state index contributed by atoms with van der Waals surface area (Å²) in [4.78, 5) is 11.4. The van der Waals surface area contributed by atoms with Gasteiger partial charge in [-0.1, -0.05) is 60.7 Å². The number of aldehydes is 1. The summed E-state index contributed by atoms with van der Waals surface area (Å²) < 4.78 is 35.2. The second-order valence-electron chi connectivity index (χ2n) is 5.77. The lowest BCUT2D eigenvalue weighted by atomic mass is 10.1. The van der Waals surface area contributed by atoms with E-state index in [4.69, 9.17) is 8.92 Å². The van der Waals surface area contributed by atoms with Gasteiger partial charge < -0.3 is 13.7 Å². The van der Waals surface area contributed by atoms with E-state index < -0.39 is 16.2 Å². The molecule has 0 spiro atoms. The molecule has 1 atom stereocenters. The van der Waals surface area contributed by atoms with Gasteiger partial charge in [0.2, 0.25) is 0 Å². The second kappa shape index (κ2) is 8.62. The van der Waals surface area contributed by atoms with Crippen LogP contribution in [0.3, 0.4) is 0 Å². The quantitative estimate of drug-likeness (QED) is 0.436. The third kappa shape index (κ3) is 5.03. The van der Waals surface area contributed by atoms with Crippen molar-refractivity contribution in [2.75, 3.05) is 0 Å². The number of benzene rings is 3. The van der Waals surface area contributed by atoms with E-state index >= 15 is 0 Å². The van der Waals surface area contributed by atoms with Gasteiger partial charge in [0.15, 0.2) is 6.29 Å². The van der Waals surface area contributed by atoms with Crippen molar-refractivity contribution in [3.8, 4) is 5.75 Å². The molecule has 6 heteroatoms. The van der Waals surface area contributed by atoms with Crippen LogP contribution in [0.4, 0.5) is 0 Å². The molecule has 0 aliphatic heterocycles. The third-order valence-electron chi connectivity index (χ3n) is 3.84. The van der Waals surface area contributed by atoms with Gasteiger partial charge in [0, 0.05) is 0 Å². The van der Waals surface area contributed by atoms with Gasteiger partial charge in [-0.2, -0.15) is 8.42 Å². The Morgan fingerprint density at radius 2 is 1.41 bits per heavy atom. The van der Waals surface area contributed by atoms with Crippen LogP contribution in [0, 0.1) is 0 Å². The average molecular weight is 382 g/mol. The maximum atomic E-state index is 12.2. The minimum atomic E-state index is -3.90. The Labute approximate surface area is 158 Å². The summed E-state index contributed by atoms with van der Waals surface area (Å²) in [7, 11) is -3.90. The Morgan fingerprint density at radius 3 is 2.00 bits per heavy atom. The molecule has 0 fully saturated rings. The van der Waals surface area contributed by atoms with Crippen molar-refractivity contribution >= 4 is 16.4 Å². The molecule has 0 amide bonds. The van der Waals surface area contributed by atoms with E-state index in [1.165, 1.54) is 24.3 Å². The van der Waals surface area contributed by atoms with Crippen molar-refractivity contribution < 1.29 is 22.1 Å². The van der Waals surface area contributed by atoms with Crippen LogP contribution in [-0.4, -0.2) is 14.7 Å². The van der Waals surface area contributed by atoms with Crippen LogP contribution in [0.5, 0.6) is 5.75 Å². The monoisotopic (exact) mass is 382 g/mol. The SMILES string of the molecule is O=CC(OCc1ccccc1)c1ccc(OS(=O)(=O)c2ccccc2)cc1. The highest BCUT2D eigenvalue weighted by atomic mass is 32.2. The Morgan fingerprint density at radius 1 is 0.815 bits per heavy atom. The highest BCUT2D eigenvalue weighted by molar-refractivity contribution is 7.87. The number of rotatable bonds is 8. The molecule has 0 saturated heterocycles. The normalized spacial score (nSPS) is 12.3. The molecule has 0 aliphatic rings. The second-order valence-corrected chi connectivity index (χ2v) is 7.32. The zero-order valence-corrected chi connectivity index (χ0v) is 15.2. The standard InChI is InChI=1S/C21H18O5S/c22-15-21(25-16-17-7-3-1-4-8-17)18-11-13-19(14-12-18)26-27(23,24)20-9-5-2-6-10-20/h1-15,21H,16H2. The highest BCUT2D eigenvalue weighted by Gasteiger charge is 2.17. The van der Waals surface area contributed by atoms with Crippen LogP contribution in [0.1, 0.15) is 17.2 Å². The molecule has 27 heavy (non-hydrogen) atoms. The van der Waals surface area contributed by atoms with Crippen molar-refractivity contribution in [3.05, 3.63) is 96.1 Å². The Bertz CT molecular complexity index is 968. The van der Waals surface area contributed by atoms with Crippen LogP contribution in [0.15, 0.2) is 89.8 Å². The summed E-state index contributed by atoms with van der Waals surface area (Å²) >= 11 is 0. The van der Waals surface area contributed by atoms with Gasteiger partial charge in [-0.3, -0.25) is 0 Å². The Kier molecular flexibility index (Phi) is 6.01. The van der Waals surface area contributed by atoms with Crippen molar-refractivity contribution in [1.29, 1.82) is 0 Å². The number of hydrogen-bond donors (Lipinski definition) is 0. The molecule has 3 aromatic carbocycles. The number of hydrogen-bond acceptors (Lipinski definition) is 5. The molecule has 138 valence electrons. The Hall–Kier alpha value is -2.96. The molecule has 0 bridgehead atoms. The van der Waals surface area contributed by atoms with E-state index in [2.05, 4.69) is 0 Å². The van der Waals surface area contributed by atoms with Gasteiger partial charge in [0.05, 0.1) is 6.61 Å². The molecule has 1 unspecified atom stereocenters. The van der Waals surface area contributed by atoms with Gasteiger partial charge in [0.1, 0.15) is 16.7 Å². The van der Waals surface area contributed by atoms with Crippen LogP contribution in [0.25, 0.3) is 0 Å². The number of ether oxygens (including phenoxy) is 1. The lowest BCUT2D eigenvalue weighted by molar-refractivity contribution is -0.119. The maximum Gasteiger partial charge on any atom is 0.339 e. The topological polar surface area (TPSA) is 69.7 Å². The zero-order chi connectivity index (χ0) is 19.1. The summed E-state index contributed by atoms with van der Waals surface area (Å²) in [5, 5.41) is 0. The molecule has 0 radical (unpaired) electrons. The summed E-state index contributed by atoms with van der Waals surface area (Å²) in [6.45, 7) is 0.297. The van der Waals surface area contributed by atoms with Crippen LogP contribution < -0.4 is 4.18 Å². The molecule has 0 N–H and O–H groups in total. The largest absolute Gasteiger partial charge is 0.379 e.